The summed E-state index contributed by atoms with van der Waals surface area (Å²) in [6.45, 7) is 3.75. The molecule has 3 aliphatic rings. The first-order chi connectivity index (χ1) is 23.4. The summed E-state index contributed by atoms with van der Waals surface area (Å²) < 4.78 is 1.98. The SMILES string of the molecule is CN1CCC(c2cccc3ncc(-c4cnn(CCCCCCNc5ccc6c(c5)C(=O)N(C5CCC(=O)NC5=O)C6=O)c4)nc23)CC1. The van der Waals surface area contributed by atoms with Crippen molar-refractivity contribution in [1.29, 1.82) is 0 Å². The summed E-state index contributed by atoms with van der Waals surface area (Å²) in [5.41, 5.74) is 6.37. The zero-order valence-electron chi connectivity index (χ0n) is 27.2. The number of imide groups is 2. The van der Waals surface area contributed by atoms with Crippen molar-refractivity contribution in [3.63, 3.8) is 0 Å². The Bertz CT molecular complexity index is 1880. The summed E-state index contributed by atoms with van der Waals surface area (Å²) in [5.74, 6) is -1.49. The van der Waals surface area contributed by atoms with E-state index in [1.54, 1.807) is 18.2 Å². The van der Waals surface area contributed by atoms with Gasteiger partial charge in [0.2, 0.25) is 11.8 Å². The van der Waals surface area contributed by atoms with Crippen LogP contribution in [0.4, 0.5) is 5.69 Å². The molecule has 4 aromatic rings. The van der Waals surface area contributed by atoms with Crippen LogP contribution in [0.1, 0.15) is 83.6 Å². The summed E-state index contributed by atoms with van der Waals surface area (Å²) >= 11 is 0. The Balaban J connectivity index is 0.872. The lowest BCUT2D eigenvalue weighted by Crippen LogP contribution is -2.54. The number of nitrogens with one attached hydrogen (secondary N) is 2. The zero-order chi connectivity index (χ0) is 33.2. The maximum absolute atomic E-state index is 13.1. The van der Waals surface area contributed by atoms with Crippen LogP contribution < -0.4 is 10.6 Å². The van der Waals surface area contributed by atoms with E-state index in [1.807, 2.05) is 23.1 Å². The normalized spacial score (nSPS) is 18.9. The molecule has 248 valence electrons. The van der Waals surface area contributed by atoms with Crippen molar-refractivity contribution in [3.05, 3.63) is 71.7 Å². The number of para-hydroxylation sites is 1. The van der Waals surface area contributed by atoms with Crippen molar-refractivity contribution < 1.29 is 19.2 Å². The van der Waals surface area contributed by atoms with Crippen LogP contribution in [0.25, 0.3) is 22.3 Å². The van der Waals surface area contributed by atoms with E-state index in [1.165, 1.54) is 5.56 Å². The topological polar surface area (TPSA) is 142 Å². The van der Waals surface area contributed by atoms with E-state index >= 15 is 0 Å². The number of carbonyl (C=O) groups is 4. The Morgan fingerprint density at radius 3 is 2.56 bits per heavy atom. The maximum Gasteiger partial charge on any atom is 0.262 e. The minimum absolute atomic E-state index is 0.0969. The van der Waals surface area contributed by atoms with Crippen molar-refractivity contribution in [2.75, 3.05) is 32.0 Å². The van der Waals surface area contributed by atoms with Crippen LogP contribution in [0.5, 0.6) is 0 Å². The number of hydrogen-bond donors (Lipinski definition) is 2. The third-order valence-electron chi connectivity index (χ3n) is 9.77. The average molecular weight is 649 g/mol. The zero-order valence-corrected chi connectivity index (χ0v) is 27.2. The second-order valence-corrected chi connectivity index (χ2v) is 13.1. The van der Waals surface area contributed by atoms with Gasteiger partial charge in [0.15, 0.2) is 0 Å². The van der Waals surface area contributed by atoms with Gasteiger partial charge >= 0.3 is 0 Å². The van der Waals surface area contributed by atoms with Gasteiger partial charge in [-0.2, -0.15) is 5.10 Å². The van der Waals surface area contributed by atoms with Crippen LogP contribution in [-0.2, 0) is 16.1 Å². The van der Waals surface area contributed by atoms with E-state index in [2.05, 4.69) is 46.0 Å². The summed E-state index contributed by atoms with van der Waals surface area (Å²) in [4.78, 5) is 63.0. The van der Waals surface area contributed by atoms with Crippen LogP contribution >= 0.6 is 0 Å². The van der Waals surface area contributed by atoms with Crippen molar-refractivity contribution in [3.8, 4) is 11.3 Å². The van der Waals surface area contributed by atoms with Crippen molar-refractivity contribution in [2.45, 2.75) is 69.9 Å². The highest BCUT2D eigenvalue weighted by Gasteiger charge is 2.44. The smallest absolute Gasteiger partial charge is 0.262 e. The van der Waals surface area contributed by atoms with E-state index in [4.69, 9.17) is 9.97 Å². The second kappa shape index (κ2) is 13.6. The molecular weight excluding hydrogens is 608 g/mol. The van der Waals surface area contributed by atoms with Gasteiger partial charge < -0.3 is 10.2 Å². The van der Waals surface area contributed by atoms with Crippen molar-refractivity contribution >= 4 is 40.3 Å². The molecule has 0 aliphatic carbocycles. The summed E-state index contributed by atoms with van der Waals surface area (Å²) in [6.07, 6.45) is 12.3. The Hall–Kier alpha value is -4.97. The number of anilines is 1. The number of piperidine rings is 2. The molecule has 1 atom stereocenters. The molecule has 3 aliphatic heterocycles. The minimum atomic E-state index is -0.964. The first-order valence-electron chi connectivity index (χ1n) is 16.9. The third kappa shape index (κ3) is 6.44. The number of amides is 4. The maximum atomic E-state index is 13.1. The molecule has 2 N–H and O–H groups in total. The number of unbranched alkanes of at least 4 members (excludes halogenated alkanes) is 3. The molecule has 0 bridgehead atoms. The molecule has 48 heavy (non-hydrogen) atoms. The number of likely N-dealkylation sites (tertiary alicyclic amines) is 1. The van der Waals surface area contributed by atoms with Gasteiger partial charge in [-0.15, -0.1) is 0 Å². The van der Waals surface area contributed by atoms with Crippen LogP contribution in [0.15, 0.2) is 55.0 Å². The highest BCUT2D eigenvalue weighted by atomic mass is 16.2. The molecule has 12 heteroatoms. The van der Waals surface area contributed by atoms with Gasteiger partial charge in [0.1, 0.15) is 6.04 Å². The minimum Gasteiger partial charge on any atom is -0.385 e. The van der Waals surface area contributed by atoms with Gasteiger partial charge in [0.25, 0.3) is 11.8 Å². The fraction of sp³-hybridized carbons (Fsp3) is 0.417. The summed E-state index contributed by atoms with van der Waals surface area (Å²) in [7, 11) is 2.18. The van der Waals surface area contributed by atoms with E-state index in [-0.39, 0.29) is 24.0 Å². The Labute approximate surface area is 278 Å². The standard InChI is InChI=1S/C36H40N8O4/c1-42-17-13-23(14-18-42)26-7-6-8-29-33(26)40-30(21-38-29)24-20-39-43(22-24)16-5-3-2-4-15-37-25-9-10-27-28(19-25)36(48)44(35(27)47)31-11-12-32(45)41-34(31)46/h6-10,19-23,31,37H,2-5,11-18H2,1H3,(H,41,45,46). The molecule has 2 fully saturated rings. The predicted molar refractivity (Wildman–Crippen MR) is 180 cm³/mol. The van der Waals surface area contributed by atoms with Gasteiger partial charge in [0, 0.05) is 37.0 Å². The van der Waals surface area contributed by atoms with Crippen LogP contribution in [0.3, 0.4) is 0 Å². The lowest BCUT2D eigenvalue weighted by Gasteiger charge is -2.29. The molecule has 0 radical (unpaired) electrons. The quantitative estimate of drug-likeness (QED) is 0.179. The number of carbonyl (C=O) groups excluding carboxylic acids is 4. The van der Waals surface area contributed by atoms with Crippen molar-refractivity contribution in [2.24, 2.45) is 0 Å². The van der Waals surface area contributed by atoms with Gasteiger partial charge in [-0.1, -0.05) is 25.0 Å². The van der Waals surface area contributed by atoms with E-state index < -0.39 is 29.7 Å². The number of aryl methyl sites for hydroxylation is 1. The predicted octanol–water partition coefficient (Wildman–Crippen LogP) is 4.38. The van der Waals surface area contributed by atoms with Crippen LogP contribution in [-0.4, -0.2) is 85.9 Å². The van der Waals surface area contributed by atoms with Gasteiger partial charge in [-0.05, 0) is 88.0 Å². The van der Waals surface area contributed by atoms with E-state index in [0.717, 1.165) is 97.6 Å². The molecule has 2 saturated heterocycles. The van der Waals surface area contributed by atoms with Crippen LogP contribution in [0, 0.1) is 0 Å². The lowest BCUT2D eigenvalue weighted by atomic mass is 9.88. The molecular formula is C36H40N8O4. The second-order valence-electron chi connectivity index (χ2n) is 13.1. The fourth-order valence-corrected chi connectivity index (χ4v) is 7.03. The number of hydrogen-bond acceptors (Lipinski definition) is 9. The molecule has 5 heterocycles. The number of benzene rings is 2. The molecule has 2 aromatic heterocycles. The number of fused-ring (bicyclic) bond motifs is 2. The Morgan fingerprint density at radius 1 is 0.917 bits per heavy atom. The van der Waals surface area contributed by atoms with Gasteiger partial charge in [-0.25, -0.2) is 4.98 Å². The highest BCUT2D eigenvalue weighted by molar-refractivity contribution is 6.23. The molecule has 4 amide bonds. The van der Waals surface area contributed by atoms with Gasteiger partial charge in [0.05, 0.1) is 40.2 Å². The van der Waals surface area contributed by atoms with E-state index in [9.17, 15) is 19.2 Å². The third-order valence-corrected chi connectivity index (χ3v) is 9.77. The fourth-order valence-electron chi connectivity index (χ4n) is 7.03. The molecule has 2 aromatic carbocycles. The largest absolute Gasteiger partial charge is 0.385 e. The Kier molecular flexibility index (Phi) is 8.98. The molecule has 0 saturated carbocycles. The first-order valence-corrected chi connectivity index (χ1v) is 16.9. The highest BCUT2D eigenvalue weighted by Crippen LogP contribution is 2.33. The lowest BCUT2D eigenvalue weighted by molar-refractivity contribution is -0.136. The molecule has 0 spiro atoms. The Morgan fingerprint density at radius 2 is 1.73 bits per heavy atom. The first kappa shape index (κ1) is 31.6. The average Bonchev–Trinajstić information content (AvgIpc) is 3.66. The molecule has 1 unspecified atom stereocenters. The number of rotatable bonds is 11. The summed E-state index contributed by atoms with van der Waals surface area (Å²) in [5, 5.41) is 10.2. The number of aromatic nitrogens is 4. The molecule has 7 rings (SSSR count). The van der Waals surface area contributed by atoms with Crippen LogP contribution in [0.2, 0.25) is 0 Å². The van der Waals surface area contributed by atoms with Gasteiger partial charge in [-0.3, -0.25) is 39.1 Å². The number of nitrogens with zero attached hydrogens (tertiary/aromatic N) is 6. The summed E-state index contributed by atoms with van der Waals surface area (Å²) in [6, 6.07) is 10.5. The monoisotopic (exact) mass is 648 g/mol. The van der Waals surface area contributed by atoms with E-state index in [0.29, 0.717) is 5.92 Å². The molecule has 12 nitrogen and oxygen atoms in total. The van der Waals surface area contributed by atoms with Crippen molar-refractivity contribution in [1.82, 2.24) is 34.9 Å².